The number of aryl methyl sites for hydroxylation is 2. The van der Waals surface area contributed by atoms with Gasteiger partial charge in [0.2, 0.25) is 0 Å². The van der Waals surface area contributed by atoms with E-state index in [1.807, 2.05) is 63.2 Å². The molecule has 0 aliphatic heterocycles. The molecule has 0 unspecified atom stereocenters. The number of nitrogens with zero attached hydrogens (tertiary/aromatic N) is 2. The number of aromatic nitrogens is 2. The van der Waals surface area contributed by atoms with Crippen LogP contribution in [0.5, 0.6) is 17.2 Å². The van der Waals surface area contributed by atoms with Gasteiger partial charge in [-0.25, -0.2) is 0 Å². The van der Waals surface area contributed by atoms with Crippen molar-refractivity contribution in [2.24, 2.45) is 7.05 Å². The fourth-order valence-electron chi connectivity index (χ4n) is 3.16. The molecule has 0 atom stereocenters. The van der Waals surface area contributed by atoms with Crippen LogP contribution in [0.1, 0.15) is 41.0 Å². The Morgan fingerprint density at radius 1 is 1.03 bits per heavy atom. The van der Waals surface area contributed by atoms with Gasteiger partial charge in [0.15, 0.2) is 17.3 Å². The molecular formula is C25H28N2O4. The van der Waals surface area contributed by atoms with Gasteiger partial charge in [-0.05, 0) is 62.2 Å². The Labute approximate surface area is 183 Å². The number of hydrogen-bond donors (Lipinski definition) is 0. The highest BCUT2D eigenvalue weighted by atomic mass is 16.5. The van der Waals surface area contributed by atoms with Gasteiger partial charge in [-0.2, -0.15) is 5.10 Å². The van der Waals surface area contributed by atoms with Gasteiger partial charge in [-0.1, -0.05) is 24.3 Å². The Hall–Kier alpha value is -3.54. The van der Waals surface area contributed by atoms with E-state index in [9.17, 15) is 4.79 Å². The van der Waals surface area contributed by atoms with E-state index in [2.05, 4.69) is 5.10 Å². The lowest BCUT2D eigenvalue weighted by Crippen LogP contribution is -2.01. The monoisotopic (exact) mass is 420 g/mol. The zero-order chi connectivity index (χ0) is 22.2. The zero-order valence-corrected chi connectivity index (χ0v) is 18.4. The van der Waals surface area contributed by atoms with Crippen LogP contribution in [0.4, 0.5) is 0 Å². The first-order chi connectivity index (χ1) is 15.0. The maximum absolute atomic E-state index is 12.4. The van der Waals surface area contributed by atoms with Crippen LogP contribution in [0.25, 0.3) is 6.08 Å². The van der Waals surface area contributed by atoms with Gasteiger partial charge in [-0.3, -0.25) is 9.48 Å². The van der Waals surface area contributed by atoms with Crippen molar-refractivity contribution in [2.45, 2.75) is 27.4 Å². The number of carbonyl (C=O) groups is 1. The van der Waals surface area contributed by atoms with Crippen molar-refractivity contribution < 1.29 is 19.0 Å². The van der Waals surface area contributed by atoms with Crippen LogP contribution in [0.2, 0.25) is 0 Å². The minimum absolute atomic E-state index is 0.0743. The van der Waals surface area contributed by atoms with Gasteiger partial charge in [-0.15, -0.1) is 0 Å². The summed E-state index contributed by atoms with van der Waals surface area (Å²) < 4.78 is 18.9. The molecule has 3 aromatic rings. The number of ether oxygens (including phenoxy) is 3. The van der Waals surface area contributed by atoms with Crippen molar-refractivity contribution >= 4 is 11.9 Å². The van der Waals surface area contributed by atoms with Crippen molar-refractivity contribution in [3.05, 3.63) is 77.1 Å². The van der Waals surface area contributed by atoms with Gasteiger partial charge < -0.3 is 14.2 Å². The highest BCUT2D eigenvalue weighted by molar-refractivity contribution is 6.07. The smallest absolute Gasteiger partial charge is 0.189 e. The Morgan fingerprint density at radius 2 is 1.81 bits per heavy atom. The number of rotatable bonds is 10. The minimum atomic E-state index is -0.0743. The van der Waals surface area contributed by atoms with Gasteiger partial charge in [0, 0.05) is 13.2 Å². The van der Waals surface area contributed by atoms with Crippen LogP contribution < -0.4 is 14.2 Å². The second kappa shape index (κ2) is 10.5. The summed E-state index contributed by atoms with van der Waals surface area (Å²) in [7, 11) is 1.80. The molecule has 0 spiro atoms. The number of ketones is 1. The number of carbonyl (C=O) groups excluding carboxylic acids is 1. The average molecular weight is 421 g/mol. The lowest BCUT2D eigenvalue weighted by atomic mass is 10.1. The summed E-state index contributed by atoms with van der Waals surface area (Å²) in [5.74, 6) is 2.09. The normalized spacial score (nSPS) is 11.0. The fourth-order valence-corrected chi connectivity index (χ4v) is 3.16. The van der Waals surface area contributed by atoms with Crippen LogP contribution in [-0.4, -0.2) is 28.8 Å². The van der Waals surface area contributed by atoms with E-state index in [1.165, 1.54) is 0 Å². The Balaban J connectivity index is 1.66. The molecule has 2 aromatic carbocycles. The molecule has 31 heavy (non-hydrogen) atoms. The van der Waals surface area contributed by atoms with E-state index in [4.69, 9.17) is 14.2 Å². The maximum Gasteiger partial charge on any atom is 0.189 e. The van der Waals surface area contributed by atoms with Gasteiger partial charge in [0.05, 0.1) is 24.5 Å². The van der Waals surface area contributed by atoms with Gasteiger partial charge >= 0.3 is 0 Å². The molecule has 6 heteroatoms. The number of hydrogen-bond acceptors (Lipinski definition) is 5. The first kappa shape index (κ1) is 22.2. The SMILES string of the molecule is CCOc1ccc(COc2cccc(/C=C/C(=O)c3cn(C)nc3C)c2)cc1OCC. The summed E-state index contributed by atoms with van der Waals surface area (Å²) in [5.41, 5.74) is 3.19. The standard InChI is InChI=1S/C25H28N2O4/c1-5-29-24-13-11-20(15-25(24)30-6-2)17-31-21-9-7-8-19(14-21)10-12-23(28)22-16-27(4)26-18(22)3/h7-16H,5-6,17H2,1-4H3/b12-10+. The predicted octanol–water partition coefficient (Wildman–Crippen LogP) is 5.00. The molecule has 0 radical (unpaired) electrons. The fraction of sp³-hybridized carbons (Fsp3) is 0.280. The second-order valence-corrected chi connectivity index (χ2v) is 7.01. The summed E-state index contributed by atoms with van der Waals surface area (Å²) in [6.45, 7) is 7.26. The zero-order valence-electron chi connectivity index (χ0n) is 18.4. The Bertz CT molecular complexity index is 1070. The van der Waals surface area contributed by atoms with E-state index < -0.39 is 0 Å². The molecule has 6 nitrogen and oxygen atoms in total. The van der Waals surface area contributed by atoms with E-state index in [1.54, 1.807) is 30.1 Å². The molecular weight excluding hydrogens is 392 g/mol. The molecule has 0 saturated heterocycles. The molecule has 0 aliphatic carbocycles. The predicted molar refractivity (Wildman–Crippen MR) is 121 cm³/mol. The molecule has 0 bridgehead atoms. The van der Waals surface area contributed by atoms with E-state index in [-0.39, 0.29) is 5.78 Å². The first-order valence-electron chi connectivity index (χ1n) is 10.3. The third-order valence-electron chi connectivity index (χ3n) is 4.58. The summed E-state index contributed by atoms with van der Waals surface area (Å²) in [6.07, 6.45) is 5.07. The number of allylic oxidation sites excluding steroid dienone is 1. The topological polar surface area (TPSA) is 62.6 Å². The van der Waals surface area contributed by atoms with Crippen LogP contribution in [0, 0.1) is 6.92 Å². The molecule has 0 saturated carbocycles. The molecule has 0 fully saturated rings. The second-order valence-electron chi connectivity index (χ2n) is 7.01. The molecule has 162 valence electrons. The first-order valence-corrected chi connectivity index (χ1v) is 10.3. The molecule has 1 aromatic heterocycles. The van der Waals surface area contributed by atoms with Crippen molar-refractivity contribution in [2.75, 3.05) is 13.2 Å². The molecule has 0 N–H and O–H groups in total. The molecule has 0 amide bonds. The van der Waals surface area contributed by atoms with E-state index in [0.717, 1.165) is 28.3 Å². The lowest BCUT2D eigenvalue weighted by molar-refractivity contribution is 0.104. The number of benzene rings is 2. The Kier molecular flexibility index (Phi) is 7.49. The minimum Gasteiger partial charge on any atom is -0.490 e. The molecule has 1 heterocycles. The summed E-state index contributed by atoms with van der Waals surface area (Å²) in [5, 5.41) is 4.21. The molecule has 0 aliphatic rings. The van der Waals surface area contributed by atoms with E-state index in [0.29, 0.717) is 31.1 Å². The summed E-state index contributed by atoms with van der Waals surface area (Å²) in [4.78, 5) is 12.4. The van der Waals surface area contributed by atoms with Crippen LogP contribution in [0.3, 0.4) is 0 Å². The van der Waals surface area contributed by atoms with Crippen molar-refractivity contribution in [1.29, 1.82) is 0 Å². The largest absolute Gasteiger partial charge is 0.490 e. The van der Waals surface area contributed by atoms with Crippen molar-refractivity contribution in [3.8, 4) is 17.2 Å². The van der Waals surface area contributed by atoms with Crippen molar-refractivity contribution in [1.82, 2.24) is 9.78 Å². The van der Waals surface area contributed by atoms with Crippen molar-refractivity contribution in [3.63, 3.8) is 0 Å². The third-order valence-corrected chi connectivity index (χ3v) is 4.58. The Morgan fingerprint density at radius 3 is 2.52 bits per heavy atom. The average Bonchev–Trinajstić information content (AvgIpc) is 3.11. The lowest BCUT2D eigenvalue weighted by Gasteiger charge is -2.13. The highest BCUT2D eigenvalue weighted by Gasteiger charge is 2.10. The quantitative estimate of drug-likeness (QED) is 0.341. The van der Waals surface area contributed by atoms with E-state index >= 15 is 0 Å². The summed E-state index contributed by atoms with van der Waals surface area (Å²) >= 11 is 0. The summed E-state index contributed by atoms with van der Waals surface area (Å²) in [6, 6.07) is 13.4. The van der Waals surface area contributed by atoms with Gasteiger partial charge in [0.1, 0.15) is 12.4 Å². The maximum atomic E-state index is 12.4. The van der Waals surface area contributed by atoms with Crippen LogP contribution >= 0.6 is 0 Å². The third kappa shape index (κ3) is 5.98. The highest BCUT2D eigenvalue weighted by Crippen LogP contribution is 2.29. The molecule has 3 rings (SSSR count). The van der Waals surface area contributed by atoms with Gasteiger partial charge in [0.25, 0.3) is 0 Å². The van der Waals surface area contributed by atoms with Crippen LogP contribution in [0.15, 0.2) is 54.7 Å². The van der Waals surface area contributed by atoms with Crippen LogP contribution in [-0.2, 0) is 13.7 Å².